The van der Waals surface area contributed by atoms with Crippen LogP contribution >= 0.6 is 0 Å². The fraction of sp³-hybridized carbons (Fsp3) is 0.867. The molecule has 0 aromatic rings. The van der Waals surface area contributed by atoms with Crippen LogP contribution < -0.4 is 10.6 Å². The molecule has 1 fully saturated rings. The summed E-state index contributed by atoms with van der Waals surface area (Å²) in [6, 6.07) is -1.86. The zero-order chi connectivity index (χ0) is 30.1. The van der Waals surface area contributed by atoms with Gasteiger partial charge in [0.05, 0.1) is 7.11 Å². The number of alkyl carbamates (subject to hydrolysis) is 1. The number of likely N-dealkylation sites (N-methyl/N-ethyl adjacent to an activating group) is 1. The van der Waals surface area contributed by atoms with Crippen molar-refractivity contribution in [3.63, 3.8) is 0 Å². The summed E-state index contributed by atoms with van der Waals surface area (Å²) in [6.45, 7) is 6.11. The largest absolute Gasteiger partial charge is 0.446 e. The molecule has 1 aliphatic rings. The van der Waals surface area contributed by atoms with Crippen molar-refractivity contribution >= 4 is 23.8 Å². The van der Waals surface area contributed by atoms with Gasteiger partial charge in [0, 0.05) is 27.1 Å². The van der Waals surface area contributed by atoms with Crippen LogP contribution in [0.25, 0.3) is 0 Å². The van der Waals surface area contributed by atoms with Gasteiger partial charge in [-0.05, 0) is 50.9 Å². The number of rotatable bonds is 11. The first-order valence-corrected chi connectivity index (χ1v) is 15.3. The normalized spacial score (nSPS) is 23.6. The molecule has 0 aromatic carbocycles. The highest BCUT2D eigenvalue weighted by atomic mass is 16.7. The van der Waals surface area contributed by atoms with E-state index in [0.717, 1.165) is 56.4 Å². The van der Waals surface area contributed by atoms with Crippen LogP contribution in [0.1, 0.15) is 111 Å². The van der Waals surface area contributed by atoms with E-state index >= 15 is 0 Å². The Kier molecular flexibility index (Phi) is 17.5. The predicted octanol–water partition coefficient (Wildman–Crippen LogP) is 4.81. The van der Waals surface area contributed by atoms with Gasteiger partial charge in [-0.1, -0.05) is 65.7 Å². The van der Waals surface area contributed by atoms with Crippen molar-refractivity contribution in [1.82, 2.24) is 20.6 Å². The Bertz CT molecular complexity index is 775. The second-order valence-electron chi connectivity index (χ2n) is 11.8. The average molecular weight is 569 g/mol. The van der Waals surface area contributed by atoms with Gasteiger partial charge >= 0.3 is 6.09 Å². The van der Waals surface area contributed by atoms with Crippen LogP contribution in [0.4, 0.5) is 4.79 Å². The standard InChI is InChI=1S/C30H56N4O6/c1-8-9-10-11-15-18-24-19-16-13-12-14-17-23(28(36)33(4)5)21-26(29(37)34(6)39-7)31-27(35)25(20-22(2)3)32-30(38)40-24/h22-26H,8-21H2,1-7H3,(H,31,35)(H,32,38)/t23?,24?,25-,26-/m0/s1. The number of ether oxygens (including phenoxy) is 1. The summed E-state index contributed by atoms with van der Waals surface area (Å²) < 4.78 is 5.85. The first-order chi connectivity index (χ1) is 19.0. The molecule has 0 aromatic heterocycles. The minimum Gasteiger partial charge on any atom is -0.446 e. The zero-order valence-electron chi connectivity index (χ0n) is 26.1. The number of hydrogen-bond donors (Lipinski definition) is 2. The summed E-state index contributed by atoms with van der Waals surface area (Å²) in [5, 5.41) is 6.66. The van der Waals surface area contributed by atoms with Gasteiger partial charge in [-0.2, -0.15) is 0 Å². The van der Waals surface area contributed by atoms with Crippen LogP contribution in [0.2, 0.25) is 0 Å². The van der Waals surface area contributed by atoms with Crippen molar-refractivity contribution in [1.29, 1.82) is 0 Å². The lowest BCUT2D eigenvalue weighted by Crippen LogP contribution is -2.55. The number of cyclic esters (lactones) is 1. The van der Waals surface area contributed by atoms with Crippen LogP contribution in [0.5, 0.6) is 0 Å². The van der Waals surface area contributed by atoms with Crippen molar-refractivity contribution in [2.75, 3.05) is 28.3 Å². The number of nitrogens with zero attached hydrogens (tertiary/aromatic N) is 2. The van der Waals surface area contributed by atoms with Gasteiger partial charge < -0.3 is 20.3 Å². The van der Waals surface area contributed by atoms with E-state index in [1.54, 1.807) is 14.1 Å². The van der Waals surface area contributed by atoms with Gasteiger partial charge in [0.1, 0.15) is 18.2 Å². The third-order valence-electron chi connectivity index (χ3n) is 7.56. The Morgan fingerprint density at radius 1 is 0.950 bits per heavy atom. The maximum Gasteiger partial charge on any atom is 0.408 e. The lowest BCUT2D eigenvalue weighted by Gasteiger charge is -2.29. The molecule has 1 saturated heterocycles. The summed E-state index contributed by atoms with van der Waals surface area (Å²) in [5.41, 5.74) is 0. The summed E-state index contributed by atoms with van der Waals surface area (Å²) in [4.78, 5) is 59.4. The van der Waals surface area contributed by atoms with E-state index in [1.807, 2.05) is 13.8 Å². The smallest absolute Gasteiger partial charge is 0.408 e. The highest BCUT2D eigenvalue weighted by molar-refractivity contribution is 5.91. The number of carbonyl (C=O) groups is 4. The van der Waals surface area contributed by atoms with Gasteiger partial charge in [0.25, 0.3) is 5.91 Å². The fourth-order valence-corrected chi connectivity index (χ4v) is 5.18. The Morgan fingerprint density at radius 2 is 1.60 bits per heavy atom. The molecule has 10 nitrogen and oxygen atoms in total. The van der Waals surface area contributed by atoms with Crippen molar-refractivity contribution in [3.8, 4) is 0 Å². The van der Waals surface area contributed by atoms with Crippen LogP contribution in [0.15, 0.2) is 0 Å². The first-order valence-electron chi connectivity index (χ1n) is 15.3. The Morgan fingerprint density at radius 3 is 2.20 bits per heavy atom. The maximum atomic E-state index is 13.5. The lowest BCUT2D eigenvalue weighted by molar-refractivity contribution is -0.172. The number of nitrogens with one attached hydrogen (secondary N) is 2. The molecular weight excluding hydrogens is 512 g/mol. The predicted molar refractivity (Wildman–Crippen MR) is 156 cm³/mol. The summed E-state index contributed by atoms with van der Waals surface area (Å²) in [6.07, 6.45) is 11.3. The Hall–Kier alpha value is -2.36. The van der Waals surface area contributed by atoms with E-state index in [0.29, 0.717) is 12.8 Å². The SMILES string of the molecule is CCCCCCCC1CCCCCCC(C(=O)N(C)C)C[C@@H](C(=O)N(C)OC)NC(=O)[C@H](CC(C)C)NC(=O)O1. The quantitative estimate of drug-likeness (QED) is 0.273. The van der Waals surface area contributed by atoms with E-state index in [4.69, 9.17) is 9.57 Å². The third kappa shape index (κ3) is 13.8. The minimum atomic E-state index is -0.984. The van der Waals surface area contributed by atoms with Crippen molar-refractivity contribution in [2.45, 2.75) is 129 Å². The van der Waals surface area contributed by atoms with Gasteiger partial charge in [-0.25, -0.2) is 9.86 Å². The Balaban J connectivity index is 3.21. The molecule has 10 heteroatoms. The molecule has 0 bridgehead atoms. The molecule has 4 amide bonds. The third-order valence-corrected chi connectivity index (χ3v) is 7.56. The molecule has 4 atom stereocenters. The lowest BCUT2D eigenvalue weighted by atomic mass is 9.91. The molecule has 40 heavy (non-hydrogen) atoms. The number of carbonyl (C=O) groups excluding carboxylic acids is 4. The van der Waals surface area contributed by atoms with Crippen molar-refractivity contribution in [2.24, 2.45) is 11.8 Å². The first kappa shape index (κ1) is 35.7. The molecular formula is C30H56N4O6. The van der Waals surface area contributed by atoms with E-state index in [1.165, 1.54) is 38.3 Å². The van der Waals surface area contributed by atoms with Crippen molar-refractivity contribution in [3.05, 3.63) is 0 Å². The molecule has 0 spiro atoms. The van der Waals surface area contributed by atoms with Crippen LogP contribution in [-0.4, -0.2) is 80.2 Å². The van der Waals surface area contributed by atoms with E-state index < -0.39 is 35.9 Å². The molecule has 1 aliphatic heterocycles. The zero-order valence-corrected chi connectivity index (χ0v) is 26.1. The highest BCUT2D eigenvalue weighted by Gasteiger charge is 2.34. The van der Waals surface area contributed by atoms with Crippen LogP contribution in [-0.2, 0) is 24.0 Å². The molecule has 0 radical (unpaired) electrons. The maximum absolute atomic E-state index is 13.5. The second-order valence-corrected chi connectivity index (χ2v) is 11.8. The second kappa shape index (κ2) is 19.7. The van der Waals surface area contributed by atoms with Gasteiger partial charge in [-0.3, -0.25) is 19.2 Å². The average Bonchev–Trinajstić information content (AvgIpc) is 2.90. The van der Waals surface area contributed by atoms with E-state index in [9.17, 15) is 19.2 Å². The summed E-state index contributed by atoms with van der Waals surface area (Å²) >= 11 is 0. The molecule has 0 saturated carbocycles. The topological polar surface area (TPSA) is 117 Å². The Labute approximate surface area is 242 Å². The van der Waals surface area contributed by atoms with Crippen LogP contribution in [0, 0.1) is 11.8 Å². The number of hydrogen-bond acceptors (Lipinski definition) is 6. The number of unbranched alkanes of at least 4 members (excludes halogenated alkanes) is 4. The van der Waals surface area contributed by atoms with Gasteiger partial charge in [-0.15, -0.1) is 0 Å². The molecule has 0 aliphatic carbocycles. The number of amides is 4. The summed E-state index contributed by atoms with van der Waals surface area (Å²) in [7, 11) is 6.25. The van der Waals surface area contributed by atoms with Crippen LogP contribution in [0.3, 0.4) is 0 Å². The van der Waals surface area contributed by atoms with Gasteiger partial charge in [0.15, 0.2) is 0 Å². The van der Waals surface area contributed by atoms with Crippen molar-refractivity contribution < 1.29 is 28.8 Å². The van der Waals surface area contributed by atoms with E-state index in [2.05, 4.69) is 17.6 Å². The molecule has 2 N–H and O–H groups in total. The fourth-order valence-electron chi connectivity index (χ4n) is 5.18. The summed E-state index contributed by atoms with van der Waals surface area (Å²) in [5.74, 6) is -1.33. The number of hydroxylamine groups is 2. The van der Waals surface area contributed by atoms with Gasteiger partial charge in [0.2, 0.25) is 11.8 Å². The monoisotopic (exact) mass is 568 g/mol. The van der Waals surface area contributed by atoms with E-state index in [-0.39, 0.29) is 24.3 Å². The molecule has 1 heterocycles. The minimum absolute atomic E-state index is 0.0724. The molecule has 232 valence electrons. The highest BCUT2D eigenvalue weighted by Crippen LogP contribution is 2.22. The molecule has 2 unspecified atom stereocenters. The molecule has 1 rings (SSSR count).